The van der Waals surface area contributed by atoms with Crippen molar-refractivity contribution in [3.63, 3.8) is 0 Å². The van der Waals surface area contributed by atoms with Crippen molar-refractivity contribution >= 4 is 11.6 Å². The Hall–Kier alpha value is -3.06. The summed E-state index contributed by atoms with van der Waals surface area (Å²) in [6, 6.07) is 7.17. The Morgan fingerprint density at radius 2 is 2.12 bits per heavy atom. The molecule has 2 aromatic rings. The molecule has 0 bridgehead atoms. The van der Waals surface area contributed by atoms with Gasteiger partial charge in [-0.2, -0.15) is 23.5 Å². The molecule has 2 aliphatic heterocycles. The first-order valence-corrected chi connectivity index (χ1v) is 10.9. The second-order valence-corrected chi connectivity index (χ2v) is 8.78. The minimum absolute atomic E-state index is 0.146. The zero-order valence-corrected chi connectivity index (χ0v) is 18.6. The number of nitriles is 1. The highest BCUT2D eigenvalue weighted by molar-refractivity contribution is 5.92. The number of amides is 1. The zero-order valence-electron chi connectivity index (χ0n) is 18.6. The predicted octanol–water partition coefficient (Wildman–Crippen LogP) is 3.41. The summed E-state index contributed by atoms with van der Waals surface area (Å²) >= 11 is 0. The molecule has 0 aliphatic carbocycles. The van der Waals surface area contributed by atoms with Crippen LogP contribution in [-0.4, -0.2) is 60.5 Å². The smallest absolute Gasteiger partial charge is 0.384 e. The van der Waals surface area contributed by atoms with Crippen LogP contribution >= 0.6 is 0 Å². The van der Waals surface area contributed by atoms with Crippen molar-refractivity contribution < 1.29 is 22.7 Å². The van der Waals surface area contributed by atoms with E-state index in [9.17, 15) is 18.0 Å². The number of anilines is 1. The number of hydrogen-bond donors (Lipinski definition) is 0. The number of fused-ring (bicyclic) bond motifs is 1. The van der Waals surface area contributed by atoms with E-state index in [4.69, 9.17) is 10.00 Å². The Morgan fingerprint density at radius 1 is 1.33 bits per heavy atom. The average molecular weight is 461 g/mol. The van der Waals surface area contributed by atoms with Crippen LogP contribution in [0.15, 0.2) is 30.5 Å². The number of rotatable bonds is 5. The fourth-order valence-corrected chi connectivity index (χ4v) is 5.12. The number of aromatic nitrogens is 2. The molecule has 1 amide bonds. The Morgan fingerprint density at radius 3 is 2.76 bits per heavy atom. The second kappa shape index (κ2) is 8.71. The lowest BCUT2D eigenvalue weighted by Gasteiger charge is -2.43. The topological polar surface area (TPSA) is 74.4 Å². The first-order valence-electron chi connectivity index (χ1n) is 10.9. The largest absolute Gasteiger partial charge is 0.417 e. The number of piperidine rings is 1. The van der Waals surface area contributed by atoms with Gasteiger partial charge in [-0.15, -0.1) is 0 Å². The normalized spacial score (nSPS) is 22.8. The number of likely N-dealkylation sites (tertiary alicyclic amines) is 1. The van der Waals surface area contributed by atoms with Crippen molar-refractivity contribution in [3.05, 3.63) is 47.3 Å². The van der Waals surface area contributed by atoms with Gasteiger partial charge in [0.15, 0.2) is 0 Å². The first-order chi connectivity index (χ1) is 15.7. The van der Waals surface area contributed by atoms with Crippen LogP contribution in [0.25, 0.3) is 0 Å². The maximum absolute atomic E-state index is 13.5. The van der Waals surface area contributed by atoms with Gasteiger partial charge in [0.2, 0.25) is 0 Å². The lowest BCUT2D eigenvalue weighted by Crippen LogP contribution is -2.53. The van der Waals surface area contributed by atoms with Gasteiger partial charge < -0.3 is 14.5 Å². The third-order valence-corrected chi connectivity index (χ3v) is 6.76. The van der Waals surface area contributed by atoms with Crippen LogP contribution in [0, 0.1) is 22.7 Å². The minimum atomic E-state index is -4.61. The number of halogens is 3. The van der Waals surface area contributed by atoms with Crippen molar-refractivity contribution in [3.8, 4) is 6.07 Å². The molecule has 1 aromatic carbocycles. The lowest BCUT2D eigenvalue weighted by atomic mass is 9.74. The monoisotopic (exact) mass is 461 g/mol. The number of carbonyl (C=O) groups excluding carboxylic acids is 1. The van der Waals surface area contributed by atoms with Crippen molar-refractivity contribution in [2.45, 2.75) is 26.1 Å². The Balaban J connectivity index is 1.59. The second-order valence-electron chi connectivity index (χ2n) is 8.78. The van der Waals surface area contributed by atoms with Crippen LogP contribution in [0.5, 0.6) is 0 Å². The number of nitrogens with zero attached hydrogens (tertiary/aromatic N) is 5. The summed E-state index contributed by atoms with van der Waals surface area (Å²) in [5.41, 5.74) is -0.910. The van der Waals surface area contributed by atoms with Crippen molar-refractivity contribution in [2.24, 2.45) is 11.3 Å². The number of alkyl halides is 3. The van der Waals surface area contributed by atoms with Gasteiger partial charge in [0, 0.05) is 57.1 Å². The van der Waals surface area contributed by atoms with Gasteiger partial charge in [0.25, 0.3) is 5.91 Å². The predicted molar refractivity (Wildman–Crippen MR) is 115 cm³/mol. The molecule has 0 spiro atoms. The van der Waals surface area contributed by atoms with E-state index in [-0.39, 0.29) is 11.8 Å². The Kier molecular flexibility index (Phi) is 6.10. The maximum Gasteiger partial charge on any atom is 0.417 e. The van der Waals surface area contributed by atoms with E-state index >= 15 is 0 Å². The summed E-state index contributed by atoms with van der Waals surface area (Å²) in [5, 5.41) is 13.4. The lowest BCUT2D eigenvalue weighted by molar-refractivity contribution is -0.137. The number of aryl methyl sites for hydroxylation is 1. The molecule has 10 heteroatoms. The molecule has 2 fully saturated rings. The molecule has 7 nitrogen and oxygen atoms in total. The number of hydrogen-bond acceptors (Lipinski definition) is 5. The molecular formula is C23H26F3N5O2. The van der Waals surface area contributed by atoms with Crippen molar-refractivity contribution in [1.82, 2.24) is 14.7 Å². The highest BCUT2D eigenvalue weighted by Gasteiger charge is 2.51. The summed E-state index contributed by atoms with van der Waals surface area (Å²) in [7, 11) is 1.60. The van der Waals surface area contributed by atoms with E-state index in [1.807, 2.05) is 11.8 Å². The highest BCUT2D eigenvalue weighted by Crippen LogP contribution is 2.45. The standard InChI is InChI=1S/C23H26F3N5O2/c1-3-31-9-7-20(28-31)21(32)29-8-6-17-12-30(14-22(17,13-29)15-33-2)18-5-4-16(11-27)19(10-18)23(24,25)26/h4-5,7,9-10,17H,3,6,8,12-15H2,1-2H3. The quantitative estimate of drug-likeness (QED) is 0.682. The fraction of sp³-hybridized carbons (Fsp3) is 0.522. The Bertz CT molecular complexity index is 1080. The van der Waals surface area contributed by atoms with E-state index in [2.05, 4.69) is 5.10 Å². The number of ether oxygens (including phenoxy) is 1. The van der Waals surface area contributed by atoms with E-state index in [1.165, 1.54) is 6.07 Å². The molecular weight excluding hydrogens is 435 g/mol. The van der Waals surface area contributed by atoms with Crippen LogP contribution in [0.2, 0.25) is 0 Å². The SMILES string of the molecule is CCn1ccc(C(=O)N2CCC3CN(c4ccc(C#N)c(C(F)(F)F)c4)CC3(COC)C2)n1. The number of methoxy groups -OCH3 is 1. The van der Waals surface area contributed by atoms with Gasteiger partial charge in [-0.05, 0) is 43.5 Å². The van der Waals surface area contributed by atoms with Crippen molar-refractivity contribution in [1.29, 1.82) is 5.26 Å². The number of carbonyl (C=O) groups is 1. The number of benzene rings is 1. The molecule has 1 aromatic heterocycles. The van der Waals surface area contributed by atoms with Crippen LogP contribution < -0.4 is 4.90 Å². The molecule has 0 saturated carbocycles. The van der Waals surface area contributed by atoms with E-state index < -0.39 is 22.7 Å². The molecule has 0 radical (unpaired) electrons. The van der Waals surface area contributed by atoms with Gasteiger partial charge in [-0.25, -0.2) is 0 Å². The molecule has 33 heavy (non-hydrogen) atoms. The van der Waals surface area contributed by atoms with Crippen LogP contribution in [0.4, 0.5) is 18.9 Å². The van der Waals surface area contributed by atoms with Crippen LogP contribution in [-0.2, 0) is 17.5 Å². The van der Waals surface area contributed by atoms with E-state index in [0.717, 1.165) is 12.5 Å². The van der Waals surface area contributed by atoms with Gasteiger partial charge in [0.05, 0.1) is 23.8 Å². The summed E-state index contributed by atoms with van der Waals surface area (Å²) in [5.74, 6) is 0.0204. The first kappa shape index (κ1) is 23.1. The van der Waals surface area contributed by atoms with Gasteiger partial charge in [-0.1, -0.05) is 0 Å². The van der Waals surface area contributed by atoms with Crippen molar-refractivity contribution in [2.75, 3.05) is 44.8 Å². The third kappa shape index (κ3) is 4.29. The molecule has 0 N–H and O–H groups in total. The molecule has 4 rings (SSSR count). The Labute approximate surface area is 190 Å². The summed E-state index contributed by atoms with van der Waals surface area (Å²) < 4.78 is 47.7. The van der Waals surface area contributed by atoms with Gasteiger partial charge in [-0.3, -0.25) is 9.48 Å². The van der Waals surface area contributed by atoms with Crippen LogP contribution in [0.1, 0.15) is 35.0 Å². The average Bonchev–Trinajstić information content (AvgIpc) is 3.42. The molecule has 2 atom stereocenters. The van der Waals surface area contributed by atoms with E-state index in [1.54, 1.807) is 41.1 Å². The van der Waals surface area contributed by atoms with E-state index in [0.29, 0.717) is 50.7 Å². The van der Waals surface area contributed by atoms with Crippen LogP contribution in [0.3, 0.4) is 0 Å². The maximum atomic E-state index is 13.5. The summed E-state index contributed by atoms with van der Waals surface area (Å²) in [4.78, 5) is 16.8. The highest BCUT2D eigenvalue weighted by atomic mass is 19.4. The molecule has 3 heterocycles. The molecule has 176 valence electrons. The fourth-order valence-electron chi connectivity index (χ4n) is 5.12. The molecule has 2 saturated heterocycles. The minimum Gasteiger partial charge on any atom is -0.384 e. The van der Waals surface area contributed by atoms with Gasteiger partial charge >= 0.3 is 6.18 Å². The van der Waals surface area contributed by atoms with Gasteiger partial charge in [0.1, 0.15) is 5.69 Å². The third-order valence-electron chi connectivity index (χ3n) is 6.76. The molecule has 2 unspecified atom stereocenters. The zero-order chi connectivity index (χ0) is 23.8. The summed E-state index contributed by atoms with van der Waals surface area (Å²) in [6.07, 6.45) is -2.11. The molecule has 2 aliphatic rings. The summed E-state index contributed by atoms with van der Waals surface area (Å²) in [6.45, 7) is 5.04.